The fourth-order valence-electron chi connectivity index (χ4n) is 3.03. The van der Waals surface area contributed by atoms with Crippen LogP contribution in [-0.4, -0.2) is 23.0 Å². The Balaban J connectivity index is 1.94. The minimum Gasteiger partial charge on any atom is -0.480 e. The van der Waals surface area contributed by atoms with E-state index in [0.29, 0.717) is 10.0 Å². The van der Waals surface area contributed by atoms with Gasteiger partial charge < -0.3 is 10.4 Å². The Morgan fingerprint density at radius 3 is 2.26 bits per heavy atom. The van der Waals surface area contributed by atoms with Gasteiger partial charge in [-0.15, -0.1) is 0 Å². The number of benzene rings is 3. The van der Waals surface area contributed by atoms with E-state index in [1.807, 2.05) is 36.4 Å². The van der Waals surface area contributed by atoms with Crippen LogP contribution >= 0.6 is 23.2 Å². The summed E-state index contributed by atoms with van der Waals surface area (Å²) >= 11 is 12.6. The molecule has 4 nitrogen and oxygen atoms in total. The van der Waals surface area contributed by atoms with Gasteiger partial charge in [-0.25, -0.2) is 4.79 Å². The zero-order valence-corrected chi connectivity index (χ0v) is 16.0. The number of rotatable bonds is 5. The van der Waals surface area contributed by atoms with Gasteiger partial charge >= 0.3 is 5.97 Å². The van der Waals surface area contributed by atoms with Crippen molar-refractivity contribution in [2.24, 2.45) is 0 Å². The largest absolute Gasteiger partial charge is 0.480 e. The van der Waals surface area contributed by atoms with E-state index >= 15 is 0 Å². The summed E-state index contributed by atoms with van der Waals surface area (Å²) in [5.41, 5.74) is 2.52. The van der Waals surface area contributed by atoms with Crippen molar-refractivity contribution in [3.63, 3.8) is 0 Å². The number of carboxylic acids is 1. The minimum atomic E-state index is -1.06. The second kappa shape index (κ2) is 7.99. The predicted octanol–water partition coefficient (Wildman–Crippen LogP) is 4.95. The van der Waals surface area contributed by atoms with Crippen LogP contribution in [0.25, 0.3) is 21.9 Å². The third-order valence-corrected chi connectivity index (χ3v) is 4.90. The molecule has 0 saturated carbocycles. The zero-order chi connectivity index (χ0) is 19.6. The van der Waals surface area contributed by atoms with Crippen LogP contribution in [-0.2, 0) is 16.0 Å². The number of carboxylic acid groups (broad SMARTS) is 1. The first kappa shape index (κ1) is 19.2. The number of aliphatic carboxylic acids is 1. The molecule has 1 amide bonds. The van der Waals surface area contributed by atoms with E-state index < -0.39 is 12.0 Å². The average molecular weight is 402 g/mol. The van der Waals surface area contributed by atoms with Crippen LogP contribution in [0.4, 0.5) is 0 Å². The van der Waals surface area contributed by atoms with Gasteiger partial charge in [0.15, 0.2) is 0 Å². The lowest BCUT2D eigenvalue weighted by molar-refractivity contribution is -0.141. The first-order valence-electron chi connectivity index (χ1n) is 8.32. The zero-order valence-electron chi connectivity index (χ0n) is 14.5. The molecule has 0 aromatic heterocycles. The molecule has 6 heteroatoms. The maximum Gasteiger partial charge on any atom is 0.326 e. The Hall–Kier alpha value is -2.56. The predicted molar refractivity (Wildman–Crippen MR) is 108 cm³/mol. The van der Waals surface area contributed by atoms with Crippen LogP contribution in [0.1, 0.15) is 12.5 Å². The molecule has 0 heterocycles. The smallest absolute Gasteiger partial charge is 0.326 e. The number of carbonyl (C=O) groups excluding carboxylic acids is 1. The van der Waals surface area contributed by atoms with Gasteiger partial charge in [0.05, 0.1) is 0 Å². The van der Waals surface area contributed by atoms with Gasteiger partial charge in [-0.3, -0.25) is 4.79 Å². The molecule has 3 aromatic rings. The Labute approximate surface area is 166 Å². The molecule has 27 heavy (non-hydrogen) atoms. The van der Waals surface area contributed by atoms with Crippen molar-refractivity contribution in [3.8, 4) is 11.1 Å². The van der Waals surface area contributed by atoms with Crippen LogP contribution in [0.5, 0.6) is 0 Å². The molecular formula is C21H17Cl2NO3. The lowest BCUT2D eigenvalue weighted by atomic mass is 9.98. The molecule has 138 valence electrons. The third kappa shape index (κ3) is 4.41. The summed E-state index contributed by atoms with van der Waals surface area (Å²) in [6, 6.07) is 16.0. The van der Waals surface area contributed by atoms with Gasteiger partial charge in [0.25, 0.3) is 0 Å². The van der Waals surface area contributed by atoms with Crippen LogP contribution in [0.15, 0.2) is 54.6 Å². The quantitative estimate of drug-likeness (QED) is 0.635. The third-order valence-electron chi connectivity index (χ3n) is 4.27. The summed E-state index contributed by atoms with van der Waals surface area (Å²) < 4.78 is 0. The monoisotopic (exact) mass is 401 g/mol. The van der Waals surface area contributed by atoms with Gasteiger partial charge in [0.2, 0.25) is 5.91 Å². The molecule has 0 fully saturated rings. The number of nitrogens with one attached hydrogen (secondary N) is 1. The molecular weight excluding hydrogens is 385 g/mol. The highest BCUT2D eigenvalue weighted by Gasteiger charge is 2.19. The molecule has 0 aliphatic heterocycles. The van der Waals surface area contributed by atoms with Crippen molar-refractivity contribution < 1.29 is 14.7 Å². The molecule has 1 unspecified atom stereocenters. The summed E-state index contributed by atoms with van der Waals surface area (Å²) in [4.78, 5) is 22.5. The highest BCUT2D eigenvalue weighted by Crippen LogP contribution is 2.36. The fraction of sp³-hybridized carbons (Fsp3) is 0.143. The maximum atomic E-state index is 11.3. The Morgan fingerprint density at radius 2 is 1.63 bits per heavy atom. The normalized spacial score (nSPS) is 12.0. The van der Waals surface area contributed by atoms with Gasteiger partial charge in [-0.05, 0) is 40.1 Å². The lowest BCUT2D eigenvalue weighted by Crippen LogP contribution is -2.41. The van der Waals surface area contributed by atoms with Crippen molar-refractivity contribution in [1.29, 1.82) is 0 Å². The summed E-state index contributed by atoms with van der Waals surface area (Å²) in [5.74, 6) is -1.43. The van der Waals surface area contributed by atoms with Crippen LogP contribution in [0.3, 0.4) is 0 Å². The summed E-state index contributed by atoms with van der Waals surface area (Å²) in [5, 5.41) is 14.8. The van der Waals surface area contributed by atoms with E-state index in [1.54, 1.807) is 18.2 Å². The topological polar surface area (TPSA) is 66.4 Å². The van der Waals surface area contributed by atoms with Gasteiger partial charge in [0.1, 0.15) is 6.04 Å². The highest BCUT2D eigenvalue weighted by atomic mass is 35.5. The lowest BCUT2D eigenvalue weighted by Gasteiger charge is -2.14. The first-order valence-corrected chi connectivity index (χ1v) is 9.07. The van der Waals surface area contributed by atoms with E-state index in [-0.39, 0.29) is 12.3 Å². The number of carbonyl (C=O) groups is 2. The van der Waals surface area contributed by atoms with Crippen LogP contribution < -0.4 is 5.32 Å². The van der Waals surface area contributed by atoms with E-state index in [0.717, 1.165) is 27.5 Å². The van der Waals surface area contributed by atoms with Crippen molar-refractivity contribution in [3.05, 3.63) is 70.2 Å². The SMILES string of the molecule is CC(=O)NC(Cc1ccc2cc(-c3c(Cl)cccc3Cl)ccc2c1)C(=O)O. The van der Waals surface area contributed by atoms with Gasteiger partial charge in [0, 0.05) is 29.0 Å². The number of halogens is 2. The van der Waals surface area contributed by atoms with Crippen molar-refractivity contribution in [2.75, 3.05) is 0 Å². The molecule has 1 atom stereocenters. The first-order chi connectivity index (χ1) is 12.8. The molecule has 3 aromatic carbocycles. The Bertz CT molecular complexity index is 1010. The molecule has 2 N–H and O–H groups in total. The highest BCUT2D eigenvalue weighted by molar-refractivity contribution is 6.39. The number of hydrogen-bond donors (Lipinski definition) is 2. The molecule has 0 aliphatic rings. The van der Waals surface area contributed by atoms with E-state index in [9.17, 15) is 14.7 Å². The molecule has 3 rings (SSSR count). The van der Waals surface area contributed by atoms with Gasteiger partial charge in [-0.2, -0.15) is 0 Å². The standard InChI is InChI=1S/C21H17Cl2NO3/c1-12(25)24-19(21(26)27)10-13-5-6-15-11-16(8-7-14(15)9-13)20-17(22)3-2-4-18(20)23/h2-9,11,19H,10H2,1H3,(H,24,25)(H,26,27). The number of fused-ring (bicyclic) bond motifs is 1. The second-order valence-electron chi connectivity index (χ2n) is 6.29. The van der Waals surface area contributed by atoms with Crippen LogP contribution in [0, 0.1) is 0 Å². The summed E-state index contributed by atoms with van der Waals surface area (Å²) in [7, 11) is 0. The Kier molecular flexibility index (Phi) is 5.68. The minimum absolute atomic E-state index is 0.211. The van der Waals surface area contributed by atoms with Crippen LogP contribution in [0.2, 0.25) is 10.0 Å². The molecule has 0 spiro atoms. The molecule has 0 bridgehead atoms. The summed E-state index contributed by atoms with van der Waals surface area (Å²) in [6.07, 6.45) is 0.211. The second-order valence-corrected chi connectivity index (χ2v) is 7.10. The van der Waals surface area contributed by atoms with Gasteiger partial charge in [-0.1, -0.05) is 59.6 Å². The maximum absolute atomic E-state index is 11.3. The van der Waals surface area contributed by atoms with Crippen molar-refractivity contribution in [1.82, 2.24) is 5.32 Å². The number of amides is 1. The van der Waals surface area contributed by atoms with E-state index in [1.165, 1.54) is 6.92 Å². The van der Waals surface area contributed by atoms with E-state index in [4.69, 9.17) is 23.2 Å². The van der Waals surface area contributed by atoms with Crippen molar-refractivity contribution >= 4 is 45.9 Å². The van der Waals surface area contributed by atoms with E-state index in [2.05, 4.69) is 5.32 Å². The average Bonchev–Trinajstić information content (AvgIpc) is 2.60. The molecule has 0 aliphatic carbocycles. The fourth-order valence-corrected chi connectivity index (χ4v) is 3.65. The molecule has 0 radical (unpaired) electrons. The summed E-state index contributed by atoms with van der Waals surface area (Å²) in [6.45, 7) is 1.30. The molecule has 0 saturated heterocycles. The number of hydrogen-bond acceptors (Lipinski definition) is 2. The Morgan fingerprint density at radius 1 is 1.00 bits per heavy atom. The van der Waals surface area contributed by atoms with Crippen molar-refractivity contribution in [2.45, 2.75) is 19.4 Å².